The van der Waals surface area contributed by atoms with Gasteiger partial charge in [0, 0.05) is 29.8 Å². The predicted octanol–water partition coefficient (Wildman–Crippen LogP) is 4.82. The van der Waals surface area contributed by atoms with Gasteiger partial charge in [-0.15, -0.1) is 0 Å². The maximum absolute atomic E-state index is 12.5. The number of amides is 2. The molecule has 0 radical (unpaired) electrons. The molecule has 2 aromatic carbocycles. The van der Waals surface area contributed by atoms with E-state index in [-0.39, 0.29) is 11.8 Å². The normalized spacial score (nSPS) is 12.3. The van der Waals surface area contributed by atoms with E-state index < -0.39 is 6.04 Å². The molecule has 2 N–H and O–H groups in total. The Balaban J connectivity index is 1.67. The molecule has 6 heteroatoms. The summed E-state index contributed by atoms with van der Waals surface area (Å²) in [6.07, 6.45) is 5.74. The van der Waals surface area contributed by atoms with Crippen molar-refractivity contribution < 1.29 is 9.59 Å². The minimum atomic E-state index is -0.442. The molecule has 0 unspecified atom stereocenters. The standard InChI is InChI=1S/C24H26N4O2/c1-4-19(20-11-9-17(2)10-12-20)15-23(29)26-21-7-5-8-22(16-21)27-24(30)18(3)28-14-6-13-25-28/h5-16,18H,4H2,1-3H3,(H,26,29)(H,27,30)/b19-15+/t18-/m1/s1. The summed E-state index contributed by atoms with van der Waals surface area (Å²) < 4.78 is 1.59. The van der Waals surface area contributed by atoms with Crippen LogP contribution in [0.15, 0.2) is 73.1 Å². The SMILES string of the molecule is CC/C(=C\C(=O)Nc1cccc(NC(=O)[C@@H](C)n2cccn2)c1)c1ccc(C)cc1. The van der Waals surface area contributed by atoms with E-state index in [4.69, 9.17) is 0 Å². The van der Waals surface area contributed by atoms with Gasteiger partial charge in [0.2, 0.25) is 11.8 Å². The van der Waals surface area contributed by atoms with Crippen molar-refractivity contribution in [1.82, 2.24) is 9.78 Å². The summed E-state index contributed by atoms with van der Waals surface area (Å²) in [5.41, 5.74) is 4.39. The lowest BCUT2D eigenvalue weighted by atomic mass is 10.0. The van der Waals surface area contributed by atoms with Crippen LogP contribution in [0.5, 0.6) is 0 Å². The molecule has 154 valence electrons. The Morgan fingerprint density at radius 1 is 1.07 bits per heavy atom. The van der Waals surface area contributed by atoms with Gasteiger partial charge in [0.15, 0.2) is 0 Å². The Bertz CT molecular complexity index is 1040. The average Bonchev–Trinajstić information content (AvgIpc) is 3.27. The van der Waals surface area contributed by atoms with Crippen molar-refractivity contribution in [3.8, 4) is 0 Å². The third-order valence-electron chi connectivity index (χ3n) is 4.81. The monoisotopic (exact) mass is 402 g/mol. The van der Waals surface area contributed by atoms with Gasteiger partial charge in [-0.1, -0.05) is 42.8 Å². The maximum atomic E-state index is 12.5. The lowest BCUT2D eigenvalue weighted by Crippen LogP contribution is -2.24. The van der Waals surface area contributed by atoms with Gasteiger partial charge < -0.3 is 10.6 Å². The number of carbonyl (C=O) groups excluding carboxylic acids is 2. The number of aryl methyl sites for hydroxylation is 1. The molecule has 2 amide bonds. The highest BCUT2D eigenvalue weighted by Crippen LogP contribution is 2.20. The number of benzene rings is 2. The van der Waals surface area contributed by atoms with Crippen LogP contribution in [0.25, 0.3) is 5.57 Å². The Hall–Kier alpha value is -3.67. The van der Waals surface area contributed by atoms with E-state index >= 15 is 0 Å². The first-order chi connectivity index (χ1) is 14.5. The van der Waals surface area contributed by atoms with Crippen LogP contribution in [0.2, 0.25) is 0 Å². The molecular formula is C24H26N4O2. The van der Waals surface area contributed by atoms with Gasteiger partial charge in [0.1, 0.15) is 6.04 Å². The molecule has 0 bridgehead atoms. The molecule has 0 aliphatic carbocycles. The number of hydrogen-bond acceptors (Lipinski definition) is 3. The van der Waals surface area contributed by atoms with Crippen molar-refractivity contribution in [3.63, 3.8) is 0 Å². The van der Waals surface area contributed by atoms with Gasteiger partial charge in [-0.2, -0.15) is 5.10 Å². The molecule has 0 saturated heterocycles. The smallest absolute Gasteiger partial charge is 0.248 e. The molecule has 0 aliphatic heterocycles. The van der Waals surface area contributed by atoms with Crippen LogP contribution in [0, 0.1) is 6.92 Å². The summed E-state index contributed by atoms with van der Waals surface area (Å²) in [4.78, 5) is 25.0. The van der Waals surface area contributed by atoms with E-state index in [1.807, 2.05) is 38.1 Å². The molecule has 3 aromatic rings. The summed E-state index contributed by atoms with van der Waals surface area (Å²) in [5, 5.41) is 9.83. The number of carbonyl (C=O) groups is 2. The van der Waals surface area contributed by atoms with Gasteiger partial charge in [-0.05, 0) is 55.7 Å². The van der Waals surface area contributed by atoms with Crippen LogP contribution in [0.4, 0.5) is 11.4 Å². The third kappa shape index (κ3) is 5.44. The Morgan fingerprint density at radius 2 is 1.77 bits per heavy atom. The fourth-order valence-corrected chi connectivity index (χ4v) is 3.05. The van der Waals surface area contributed by atoms with Gasteiger partial charge in [-0.3, -0.25) is 14.3 Å². The zero-order valence-electron chi connectivity index (χ0n) is 17.4. The van der Waals surface area contributed by atoms with Crippen LogP contribution in [-0.2, 0) is 9.59 Å². The highest BCUT2D eigenvalue weighted by atomic mass is 16.2. The van der Waals surface area contributed by atoms with Crippen molar-refractivity contribution in [2.75, 3.05) is 10.6 Å². The molecule has 30 heavy (non-hydrogen) atoms. The first kappa shape index (κ1) is 21.0. The molecule has 0 saturated carbocycles. The Labute approximate surface area is 176 Å². The molecule has 1 aromatic heterocycles. The van der Waals surface area contributed by atoms with E-state index in [9.17, 15) is 9.59 Å². The number of aromatic nitrogens is 2. The first-order valence-electron chi connectivity index (χ1n) is 9.95. The first-order valence-corrected chi connectivity index (χ1v) is 9.95. The predicted molar refractivity (Wildman–Crippen MR) is 120 cm³/mol. The molecule has 3 rings (SSSR count). The van der Waals surface area contributed by atoms with E-state index in [1.165, 1.54) is 5.56 Å². The molecule has 1 atom stereocenters. The van der Waals surface area contributed by atoms with Crippen molar-refractivity contribution in [2.24, 2.45) is 0 Å². The van der Waals surface area contributed by atoms with Gasteiger partial charge in [0.05, 0.1) is 0 Å². The molecular weight excluding hydrogens is 376 g/mol. The molecule has 6 nitrogen and oxygen atoms in total. The topological polar surface area (TPSA) is 76.0 Å². The van der Waals surface area contributed by atoms with Crippen LogP contribution in [0.3, 0.4) is 0 Å². The summed E-state index contributed by atoms with van der Waals surface area (Å²) in [5.74, 6) is -0.393. The van der Waals surface area contributed by atoms with Crippen LogP contribution < -0.4 is 10.6 Å². The van der Waals surface area contributed by atoms with Crippen LogP contribution in [0.1, 0.15) is 37.4 Å². The maximum Gasteiger partial charge on any atom is 0.248 e. The minimum absolute atomic E-state index is 0.185. The van der Waals surface area contributed by atoms with E-state index in [2.05, 4.69) is 15.7 Å². The second-order valence-electron chi connectivity index (χ2n) is 7.11. The average molecular weight is 402 g/mol. The minimum Gasteiger partial charge on any atom is -0.324 e. The van der Waals surface area contributed by atoms with Crippen molar-refractivity contribution in [2.45, 2.75) is 33.2 Å². The molecule has 1 heterocycles. The fourth-order valence-electron chi connectivity index (χ4n) is 3.05. The second kappa shape index (κ2) is 9.69. The van der Waals surface area contributed by atoms with E-state index in [1.54, 1.807) is 60.4 Å². The van der Waals surface area contributed by atoms with Crippen LogP contribution >= 0.6 is 0 Å². The Morgan fingerprint density at radius 3 is 2.40 bits per heavy atom. The zero-order chi connectivity index (χ0) is 21.5. The summed E-state index contributed by atoms with van der Waals surface area (Å²) in [6.45, 7) is 5.83. The van der Waals surface area contributed by atoms with Gasteiger partial charge in [-0.25, -0.2) is 0 Å². The second-order valence-corrected chi connectivity index (χ2v) is 7.11. The third-order valence-corrected chi connectivity index (χ3v) is 4.81. The largest absolute Gasteiger partial charge is 0.324 e. The number of nitrogens with one attached hydrogen (secondary N) is 2. The molecule has 0 aliphatic rings. The highest BCUT2D eigenvalue weighted by Gasteiger charge is 2.15. The van der Waals surface area contributed by atoms with Gasteiger partial charge in [0.25, 0.3) is 0 Å². The highest BCUT2D eigenvalue weighted by molar-refractivity contribution is 6.04. The summed E-state index contributed by atoms with van der Waals surface area (Å²) in [7, 11) is 0. The number of anilines is 2. The quantitative estimate of drug-likeness (QED) is 0.556. The van der Waals surface area contributed by atoms with Crippen molar-refractivity contribution in [3.05, 3.63) is 84.2 Å². The van der Waals surface area contributed by atoms with E-state index in [0.717, 1.165) is 17.6 Å². The number of rotatable bonds is 7. The van der Waals surface area contributed by atoms with E-state index in [0.29, 0.717) is 11.4 Å². The van der Waals surface area contributed by atoms with Gasteiger partial charge >= 0.3 is 0 Å². The molecule has 0 fully saturated rings. The summed E-state index contributed by atoms with van der Waals surface area (Å²) in [6, 6.07) is 16.5. The van der Waals surface area contributed by atoms with Crippen LogP contribution in [-0.4, -0.2) is 21.6 Å². The van der Waals surface area contributed by atoms with Crippen molar-refractivity contribution >= 4 is 28.8 Å². The van der Waals surface area contributed by atoms with Crippen molar-refractivity contribution in [1.29, 1.82) is 0 Å². The number of nitrogens with zero attached hydrogens (tertiary/aromatic N) is 2. The molecule has 0 spiro atoms. The fraction of sp³-hybridized carbons (Fsp3) is 0.208. The lowest BCUT2D eigenvalue weighted by molar-refractivity contribution is -0.119. The Kier molecular flexibility index (Phi) is 6.80. The summed E-state index contributed by atoms with van der Waals surface area (Å²) >= 11 is 0. The zero-order valence-corrected chi connectivity index (χ0v) is 17.4. The number of allylic oxidation sites excluding steroid dienone is 1. The lowest BCUT2D eigenvalue weighted by Gasteiger charge is -2.13. The number of hydrogen-bond donors (Lipinski definition) is 2.